The largest absolute Gasteiger partial charge is 0.242 e. The highest BCUT2D eigenvalue weighted by Gasteiger charge is 2.20. The van der Waals surface area contributed by atoms with Gasteiger partial charge in [-0.3, -0.25) is 0 Å². The van der Waals surface area contributed by atoms with Gasteiger partial charge in [-0.05, 0) is 12.5 Å². The normalized spacial score (nSPS) is 11.9. The van der Waals surface area contributed by atoms with Crippen LogP contribution in [0.5, 0.6) is 0 Å². The quantitative estimate of drug-likeness (QED) is 0.931. The Balaban J connectivity index is 2.66. The lowest BCUT2D eigenvalue weighted by Crippen LogP contribution is -2.24. The molecular formula is C13H13Cl2NO2S. The van der Waals surface area contributed by atoms with Crippen molar-refractivity contribution in [1.29, 1.82) is 0 Å². The zero-order chi connectivity index (χ0) is 14.0. The van der Waals surface area contributed by atoms with Gasteiger partial charge in [0.15, 0.2) is 0 Å². The summed E-state index contributed by atoms with van der Waals surface area (Å²) in [5.41, 5.74) is 0. The van der Waals surface area contributed by atoms with Crippen LogP contribution >= 0.6 is 23.2 Å². The third-order valence-electron chi connectivity index (χ3n) is 2.73. The molecule has 0 saturated heterocycles. The summed E-state index contributed by atoms with van der Waals surface area (Å²) in [4.78, 5) is 0.0197. The molecule has 2 aromatic carbocycles. The summed E-state index contributed by atoms with van der Waals surface area (Å²) in [6, 6.07) is 8.57. The molecule has 102 valence electrons. The standard InChI is InChI=1S/C13H13Cl2NO2S/c1-2-7-16-19(17,18)12-8-11(14)9-5-3-4-6-10(9)13(12)15/h3-6,8,16H,2,7H2,1H3. The van der Waals surface area contributed by atoms with Crippen LogP contribution in [0.25, 0.3) is 10.8 Å². The Morgan fingerprint density at radius 3 is 2.42 bits per heavy atom. The van der Waals surface area contributed by atoms with Gasteiger partial charge in [0.25, 0.3) is 0 Å². The van der Waals surface area contributed by atoms with Gasteiger partial charge in [-0.15, -0.1) is 0 Å². The highest BCUT2D eigenvalue weighted by molar-refractivity contribution is 7.89. The highest BCUT2D eigenvalue weighted by atomic mass is 35.5. The van der Waals surface area contributed by atoms with Crippen molar-refractivity contribution < 1.29 is 8.42 Å². The number of fused-ring (bicyclic) bond motifs is 1. The molecule has 0 radical (unpaired) electrons. The average molecular weight is 318 g/mol. The van der Waals surface area contributed by atoms with E-state index in [1.807, 2.05) is 13.0 Å². The molecule has 0 aromatic heterocycles. The third-order valence-corrected chi connectivity index (χ3v) is 5.04. The van der Waals surface area contributed by atoms with Gasteiger partial charge in [0.05, 0.1) is 5.02 Å². The number of sulfonamides is 1. The van der Waals surface area contributed by atoms with E-state index in [0.717, 1.165) is 5.39 Å². The van der Waals surface area contributed by atoms with Crippen molar-refractivity contribution >= 4 is 44.0 Å². The van der Waals surface area contributed by atoms with Crippen LogP contribution in [0.1, 0.15) is 13.3 Å². The number of rotatable bonds is 4. The minimum absolute atomic E-state index is 0.0197. The van der Waals surface area contributed by atoms with Crippen molar-refractivity contribution in [2.24, 2.45) is 0 Å². The van der Waals surface area contributed by atoms with Crippen molar-refractivity contribution in [1.82, 2.24) is 4.72 Å². The van der Waals surface area contributed by atoms with Crippen LogP contribution in [-0.4, -0.2) is 15.0 Å². The Hall–Kier alpha value is -0.810. The van der Waals surface area contributed by atoms with Crippen LogP contribution in [-0.2, 0) is 10.0 Å². The molecule has 0 unspecified atom stereocenters. The van der Waals surface area contributed by atoms with Crippen LogP contribution in [0.3, 0.4) is 0 Å². The molecule has 1 N–H and O–H groups in total. The smallest absolute Gasteiger partial charge is 0.211 e. The Morgan fingerprint density at radius 1 is 1.16 bits per heavy atom. The molecule has 0 aliphatic rings. The maximum Gasteiger partial charge on any atom is 0.242 e. The predicted molar refractivity (Wildman–Crippen MR) is 79.4 cm³/mol. The maximum atomic E-state index is 12.2. The zero-order valence-corrected chi connectivity index (χ0v) is 12.6. The molecule has 2 aromatic rings. The first-order chi connectivity index (χ1) is 8.97. The van der Waals surface area contributed by atoms with Gasteiger partial charge in [0.2, 0.25) is 10.0 Å². The van der Waals surface area contributed by atoms with Crippen molar-refractivity contribution in [3.05, 3.63) is 40.4 Å². The molecule has 0 heterocycles. The fourth-order valence-corrected chi connectivity index (χ4v) is 3.89. The van der Waals surface area contributed by atoms with Crippen LogP contribution in [0.2, 0.25) is 10.0 Å². The van der Waals surface area contributed by atoms with Gasteiger partial charge >= 0.3 is 0 Å². The summed E-state index contributed by atoms with van der Waals surface area (Å²) in [5, 5.41) is 1.94. The molecule has 0 aliphatic carbocycles. The summed E-state index contributed by atoms with van der Waals surface area (Å²) in [6.07, 6.45) is 0.707. The van der Waals surface area contributed by atoms with E-state index in [2.05, 4.69) is 4.72 Å². The molecular weight excluding hydrogens is 305 g/mol. The Morgan fingerprint density at radius 2 is 1.79 bits per heavy atom. The molecule has 0 amide bonds. The van der Waals surface area contributed by atoms with Gasteiger partial charge in [-0.2, -0.15) is 0 Å². The summed E-state index contributed by atoms with van der Waals surface area (Å²) < 4.78 is 26.8. The Bertz CT molecular complexity index is 714. The van der Waals surface area contributed by atoms with E-state index in [4.69, 9.17) is 23.2 Å². The SMILES string of the molecule is CCCNS(=O)(=O)c1cc(Cl)c2ccccc2c1Cl. The second-order valence-corrected chi connectivity index (χ2v) is 6.63. The number of hydrogen-bond acceptors (Lipinski definition) is 2. The lowest BCUT2D eigenvalue weighted by atomic mass is 10.1. The fraction of sp³-hybridized carbons (Fsp3) is 0.231. The van der Waals surface area contributed by atoms with Gasteiger partial charge in [0, 0.05) is 22.3 Å². The van der Waals surface area contributed by atoms with Gasteiger partial charge < -0.3 is 0 Å². The van der Waals surface area contributed by atoms with Gasteiger partial charge in [-0.25, -0.2) is 13.1 Å². The molecule has 19 heavy (non-hydrogen) atoms. The second kappa shape index (κ2) is 5.67. The Kier molecular flexibility index (Phi) is 4.36. The van der Waals surface area contributed by atoms with Crippen LogP contribution < -0.4 is 4.72 Å². The molecule has 0 atom stereocenters. The predicted octanol–water partition coefficient (Wildman–Crippen LogP) is 3.83. The van der Waals surface area contributed by atoms with Gasteiger partial charge in [0.1, 0.15) is 4.90 Å². The maximum absolute atomic E-state index is 12.2. The van der Waals surface area contributed by atoms with E-state index < -0.39 is 10.0 Å². The average Bonchev–Trinajstić information content (AvgIpc) is 2.40. The van der Waals surface area contributed by atoms with Crippen molar-refractivity contribution in [2.75, 3.05) is 6.54 Å². The van der Waals surface area contributed by atoms with Crippen LogP contribution in [0.15, 0.2) is 35.2 Å². The van der Waals surface area contributed by atoms with E-state index in [-0.39, 0.29) is 9.92 Å². The van der Waals surface area contributed by atoms with E-state index in [0.29, 0.717) is 23.4 Å². The number of halogens is 2. The van der Waals surface area contributed by atoms with E-state index in [1.165, 1.54) is 6.07 Å². The Labute approximate surface area is 122 Å². The molecule has 0 spiro atoms. The van der Waals surface area contributed by atoms with Crippen molar-refractivity contribution in [3.8, 4) is 0 Å². The number of hydrogen-bond donors (Lipinski definition) is 1. The van der Waals surface area contributed by atoms with Crippen LogP contribution in [0, 0.1) is 0 Å². The van der Waals surface area contributed by atoms with Crippen molar-refractivity contribution in [3.63, 3.8) is 0 Å². The molecule has 0 aliphatic heterocycles. The third kappa shape index (κ3) is 2.87. The van der Waals surface area contributed by atoms with E-state index in [1.54, 1.807) is 18.2 Å². The first-order valence-corrected chi connectivity index (χ1v) is 8.07. The lowest BCUT2D eigenvalue weighted by Gasteiger charge is -2.11. The molecule has 3 nitrogen and oxygen atoms in total. The monoisotopic (exact) mass is 317 g/mol. The highest BCUT2D eigenvalue weighted by Crippen LogP contribution is 2.35. The minimum Gasteiger partial charge on any atom is -0.211 e. The summed E-state index contributed by atoms with van der Waals surface area (Å²) in [7, 11) is -3.63. The molecule has 0 fully saturated rings. The summed E-state index contributed by atoms with van der Waals surface area (Å²) in [6.45, 7) is 2.25. The first kappa shape index (κ1) is 14.6. The van der Waals surface area contributed by atoms with Crippen molar-refractivity contribution in [2.45, 2.75) is 18.2 Å². The molecule has 2 rings (SSSR count). The topological polar surface area (TPSA) is 46.2 Å². The molecule has 0 bridgehead atoms. The van der Waals surface area contributed by atoms with Crippen LogP contribution in [0.4, 0.5) is 0 Å². The molecule has 6 heteroatoms. The fourth-order valence-electron chi connectivity index (χ4n) is 1.78. The van der Waals surface area contributed by atoms with E-state index in [9.17, 15) is 8.42 Å². The molecule has 0 saturated carbocycles. The van der Waals surface area contributed by atoms with Gasteiger partial charge in [-0.1, -0.05) is 54.4 Å². The lowest BCUT2D eigenvalue weighted by molar-refractivity contribution is 0.581. The first-order valence-electron chi connectivity index (χ1n) is 5.83. The zero-order valence-electron chi connectivity index (χ0n) is 10.3. The minimum atomic E-state index is -3.63. The summed E-state index contributed by atoms with van der Waals surface area (Å²) in [5.74, 6) is 0. The summed E-state index contributed by atoms with van der Waals surface area (Å²) >= 11 is 12.3. The second-order valence-electron chi connectivity index (χ2n) is 4.11. The number of nitrogens with one attached hydrogen (secondary N) is 1. The van der Waals surface area contributed by atoms with E-state index >= 15 is 0 Å². The number of benzene rings is 2.